The van der Waals surface area contributed by atoms with E-state index in [-0.39, 0.29) is 11.8 Å². The van der Waals surface area contributed by atoms with Gasteiger partial charge in [-0.3, -0.25) is 4.79 Å². The van der Waals surface area contributed by atoms with Crippen LogP contribution in [0.3, 0.4) is 0 Å². The number of carboxylic acid groups (broad SMARTS) is 1. The highest BCUT2D eigenvalue weighted by Gasteiger charge is 2.28. The van der Waals surface area contributed by atoms with E-state index in [9.17, 15) is 13.2 Å². The first-order chi connectivity index (χ1) is 9.49. The number of nitrogens with zero attached hydrogens (tertiary/aromatic N) is 1. The number of hydrogen-bond acceptors (Lipinski definition) is 3. The Balaban J connectivity index is 1.76. The Morgan fingerprint density at radius 3 is 2.25 bits per heavy atom. The van der Waals surface area contributed by atoms with E-state index in [0.29, 0.717) is 32.5 Å². The molecule has 0 aromatic carbocycles. The number of carbonyl (C=O) groups is 1. The lowest BCUT2D eigenvalue weighted by atomic mass is 9.82. The van der Waals surface area contributed by atoms with Gasteiger partial charge in [0.1, 0.15) is 0 Å². The first-order valence-electron chi connectivity index (χ1n) is 7.46. The van der Waals surface area contributed by atoms with Gasteiger partial charge in [0.15, 0.2) is 0 Å². The second-order valence-corrected chi connectivity index (χ2v) is 7.62. The quantitative estimate of drug-likeness (QED) is 0.799. The lowest BCUT2D eigenvalue weighted by Gasteiger charge is -2.29. The van der Waals surface area contributed by atoms with E-state index in [1.165, 1.54) is 4.31 Å². The molecule has 1 aliphatic heterocycles. The largest absolute Gasteiger partial charge is 0.481 e. The first kappa shape index (κ1) is 15.7. The van der Waals surface area contributed by atoms with Crippen LogP contribution >= 0.6 is 0 Å². The molecule has 0 amide bonds. The third kappa shape index (κ3) is 4.17. The van der Waals surface area contributed by atoms with E-state index < -0.39 is 16.2 Å². The molecule has 0 spiro atoms. The predicted octanol–water partition coefficient (Wildman–Crippen LogP) is 1.20. The molecule has 116 valence electrons. The number of carboxylic acids is 1. The maximum atomic E-state index is 12.1. The maximum absolute atomic E-state index is 12.1. The average molecular weight is 304 g/mol. The second kappa shape index (κ2) is 6.87. The van der Waals surface area contributed by atoms with E-state index >= 15 is 0 Å². The van der Waals surface area contributed by atoms with Crippen molar-refractivity contribution in [3.05, 3.63) is 0 Å². The Labute approximate surface area is 120 Å². The van der Waals surface area contributed by atoms with Gasteiger partial charge in [0.05, 0.1) is 5.92 Å². The van der Waals surface area contributed by atoms with Crippen molar-refractivity contribution >= 4 is 16.2 Å². The highest BCUT2D eigenvalue weighted by molar-refractivity contribution is 7.87. The van der Waals surface area contributed by atoms with Crippen LogP contribution in [0.25, 0.3) is 0 Å². The van der Waals surface area contributed by atoms with Crippen LogP contribution in [0.1, 0.15) is 44.9 Å². The number of piperidine rings is 1. The Hall–Kier alpha value is -0.660. The van der Waals surface area contributed by atoms with E-state index in [4.69, 9.17) is 5.11 Å². The van der Waals surface area contributed by atoms with Gasteiger partial charge in [0, 0.05) is 19.6 Å². The zero-order chi connectivity index (χ0) is 14.6. The number of hydrogen-bond donors (Lipinski definition) is 2. The summed E-state index contributed by atoms with van der Waals surface area (Å²) in [5, 5.41) is 8.94. The van der Waals surface area contributed by atoms with Gasteiger partial charge in [-0.05, 0) is 44.4 Å². The molecular weight excluding hydrogens is 280 g/mol. The lowest BCUT2D eigenvalue weighted by molar-refractivity contribution is -0.143. The molecule has 0 bridgehead atoms. The van der Waals surface area contributed by atoms with Crippen molar-refractivity contribution in [1.29, 1.82) is 0 Å². The third-order valence-corrected chi connectivity index (χ3v) is 5.98. The summed E-state index contributed by atoms with van der Waals surface area (Å²) in [7, 11) is -3.35. The Kier molecular flexibility index (Phi) is 5.40. The molecular formula is C13H24N2O4S. The van der Waals surface area contributed by atoms with Crippen LogP contribution in [0.4, 0.5) is 0 Å². The van der Waals surface area contributed by atoms with Crippen molar-refractivity contribution in [3.8, 4) is 0 Å². The van der Waals surface area contributed by atoms with Crippen LogP contribution < -0.4 is 4.72 Å². The Morgan fingerprint density at radius 2 is 1.70 bits per heavy atom. The van der Waals surface area contributed by atoms with Gasteiger partial charge in [-0.15, -0.1) is 0 Å². The fraction of sp³-hybridized carbons (Fsp3) is 0.923. The molecule has 1 heterocycles. The van der Waals surface area contributed by atoms with Gasteiger partial charge in [-0.1, -0.05) is 6.42 Å². The van der Waals surface area contributed by atoms with E-state index in [1.807, 2.05) is 0 Å². The van der Waals surface area contributed by atoms with Crippen molar-refractivity contribution in [2.75, 3.05) is 19.6 Å². The van der Waals surface area contributed by atoms with Gasteiger partial charge >= 0.3 is 5.97 Å². The van der Waals surface area contributed by atoms with Gasteiger partial charge in [0.2, 0.25) is 0 Å². The normalized spacial score (nSPS) is 29.2. The summed E-state index contributed by atoms with van der Waals surface area (Å²) in [6.45, 7) is 1.66. The van der Waals surface area contributed by atoms with Crippen LogP contribution in [0, 0.1) is 11.8 Å². The molecule has 0 aromatic rings. The minimum Gasteiger partial charge on any atom is -0.481 e. The number of nitrogens with one attached hydrogen (secondary N) is 1. The van der Waals surface area contributed by atoms with Crippen LogP contribution in [0.5, 0.6) is 0 Å². The zero-order valence-corrected chi connectivity index (χ0v) is 12.6. The molecule has 20 heavy (non-hydrogen) atoms. The predicted molar refractivity (Wildman–Crippen MR) is 75.4 cm³/mol. The third-order valence-electron chi connectivity index (χ3n) is 4.41. The molecule has 0 radical (unpaired) electrons. The summed E-state index contributed by atoms with van der Waals surface area (Å²) in [5.41, 5.74) is 0. The Morgan fingerprint density at radius 1 is 1.10 bits per heavy atom. The van der Waals surface area contributed by atoms with Crippen molar-refractivity contribution < 1.29 is 18.3 Å². The first-order valence-corrected chi connectivity index (χ1v) is 8.90. The lowest BCUT2D eigenvalue weighted by Crippen LogP contribution is -2.45. The summed E-state index contributed by atoms with van der Waals surface area (Å²) in [4.78, 5) is 10.9. The topological polar surface area (TPSA) is 86.7 Å². The second-order valence-electron chi connectivity index (χ2n) is 5.87. The zero-order valence-electron chi connectivity index (χ0n) is 11.8. The highest BCUT2D eigenvalue weighted by Crippen LogP contribution is 2.28. The van der Waals surface area contributed by atoms with E-state index in [0.717, 1.165) is 32.1 Å². The standard InChI is InChI=1S/C13H24N2O4S/c16-13(17)12-6-4-11(5-7-12)10-14-20(18,19)15-8-2-1-3-9-15/h11-12,14H,1-10H2,(H,16,17). The molecule has 6 nitrogen and oxygen atoms in total. The number of aliphatic carboxylic acids is 1. The molecule has 2 fully saturated rings. The highest BCUT2D eigenvalue weighted by atomic mass is 32.2. The SMILES string of the molecule is O=C(O)C1CCC(CNS(=O)(=O)N2CCCCC2)CC1. The van der Waals surface area contributed by atoms with Gasteiger partial charge in [-0.2, -0.15) is 12.7 Å². The summed E-state index contributed by atoms with van der Waals surface area (Å²) in [6, 6.07) is 0. The molecule has 0 aromatic heterocycles. The van der Waals surface area contributed by atoms with Crippen LogP contribution in [-0.2, 0) is 15.0 Å². The fourth-order valence-electron chi connectivity index (χ4n) is 3.03. The molecule has 1 saturated heterocycles. The molecule has 2 rings (SSSR count). The summed E-state index contributed by atoms with van der Waals surface area (Å²) in [6.07, 6.45) is 5.87. The minimum absolute atomic E-state index is 0.245. The average Bonchev–Trinajstić information content (AvgIpc) is 2.46. The fourth-order valence-corrected chi connectivity index (χ4v) is 4.40. The molecule has 0 unspecified atom stereocenters. The van der Waals surface area contributed by atoms with Crippen molar-refractivity contribution in [2.45, 2.75) is 44.9 Å². The van der Waals surface area contributed by atoms with Crippen molar-refractivity contribution in [1.82, 2.24) is 9.03 Å². The van der Waals surface area contributed by atoms with Crippen molar-refractivity contribution in [2.24, 2.45) is 11.8 Å². The summed E-state index contributed by atoms with van der Waals surface area (Å²) in [5.74, 6) is -0.701. The molecule has 2 N–H and O–H groups in total. The monoisotopic (exact) mass is 304 g/mol. The van der Waals surface area contributed by atoms with Crippen LogP contribution in [-0.4, -0.2) is 43.4 Å². The smallest absolute Gasteiger partial charge is 0.306 e. The van der Waals surface area contributed by atoms with Crippen LogP contribution in [0.2, 0.25) is 0 Å². The Bertz CT molecular complexity index is 424. The van der Waals surface area contributed by atoms with Crippen molar-refractivity contribution in [3.63, 3.8) is 0 Å². The number of rotatable bonds is 5. The molecule has 2 aliphatic rings. The summed E-state index contributed by atoms with van der Waals surface area (Å²) < 4.78 is 28.5. The van der Waals surface area contributed by atoms with E-state index in [1.54, 1.807) is 0 Å². The van der Waals surface area contributed by atoms with E-state index in [2.05, 4.69) is 4.72 Å². The molecule has 0 atom stereocenters. The van der Waals surface area contributed by atoms with Gasteiger partial charge < -0.3 is 5.11 Å². The van der Waals surface area contributed by atoms with Gasteiger partial charge in [-0.25, -0.2) is 4.72 Å². The maximum Gasteiger partial charge on any atom is 0.306 e. The van der Waals surface area contributed by atoms with Crippen LogP contribution in [0.15, 0.2) is 0 Å². The minimum atomic E-state index is -3.35. The molecule has 1 saturated carbocycles. The molecule has 7 heteroatoms. The summed E-state index contributed by atoms with van der Waals surface area (Å²) >= 11 is 0. The molecule has 1 aliphatic carbocycles. The van der Waals surface area contributed by atoms with Gasteiger partial charge in [0.25, 0.3) is 10.2 Å².